The third kappa shape index (κ3) is 5.73. The lowest BCUT2D eigenvalue weighted by atomic mass is 9.99. The first-order chi connectivity index (χ1) is 11.6. The smallest absolute Gasteiger partial charge is 0.310 e. The number of hydrogen-bond acceptors (Lipinski definition) is 3. The first kappa shape index (κ1) is 18.1. The van der Waals surface area contributed by atoms with Crippen LogP contribution in [0.15, 0.2) is 54.6 Å². The third-order valence-corrected chi connectivity index (χ3v) is 4.07. The van der Waals surface area contributed by atoms with E-state index in [9.17, 15) is 4.79 Å². The molecule has 128 valence electrons. The lowest BCUT2D eigenvalue weighted by Gasteiger charge is -2.15. The minimum atomic E-state index is -0.282. The van der Waals surface area contributed by atoms with E-state index in [1.165, 1.54) is 5.56 Å². The zero-order chi connectivity index (χ0) is 17.4. The fraction of sp³-hybridized carbons (Fsp3) is 0.381. The first-order valence-electron chi connectivity index (χ1n) is 8.54. The van der Waals surface area contributed by atoms with Crippen LogP contribution in [0.2, 0.25) is 0 Å². The predicted molar refractivity (Wildman–Crippen MR) is 96.3 cm³/mol. The van der Waals surface area contributed by atoms with Crippen molar-refractivity contribution >= 4 is 5.97 Å². The van der Waals surface area contributed by atoms with E-state index in [1.807, 2.05) is 49.4 Å². The molecule has 2 atom stereocenters. The van der Waals surface area contributed by atoms with Gasteiger partial charge >= 0.3 is 5.97 Å². The number of rotatable bonds is 8. The summed E-state index contributed by atoms with van der Waals surface area (Å²) in [4.78, 5) is 11.9. The van der Waals surface area contributed by atoms with Crippen LogP contribution in [-0.2, 0) is 16.0 Å². The van der Waals surface area contributed by atoms with Gasteiger partial charge in [0.15, 0.2) is 0 Å². The Labute approximate surface area is 144 Å². The van der Waals surface area contributed by atoms with Crippen molar-refractivity contribution in [2.45, 2.75) is 45.6 Å². The van der Waals surface area contributed by atoms with Gasteiger partial charge in [-0.25, -0.2) is 0 Å². The van der Waals surface area contributed by atoms with Gasteiger partial charge in [-0.1, -0.05) is 56.3 Å². The van der Waals surface area contributed by atoms with E-state index in [1.54, 1.807) is 0 Å². The molecule has 0 spiro atoms. The highest BCUT2D eigenvalue weighted by molar-refractivity contribution is 5.72. The van der Waals surface area contributed by atoms with Crippen molar-refractivity contribution < 1.29 is 14.3 Å². The number of benzene rings is 2. The van der Waals surface area contributed by atoms with Crippen molar-refractivity contribution in [1.29, 1.82) is 0 Å². The fourth-order valence-electron chi connectivity index (χ4n) is 2.40. The first-order valence-corrected chi connectivity index (χ1v) is 8.54. The van der Waals surface area contributed by atoms with Crippen LogP contribution in [0.5, 0.6) is 5.75 Å². The molecule has 0 fully saturated rings. The van der Waals surface area contributed by atoms with Gasteiger partial charge in [0.05, 0.1) is 6.42 Å². The van der Waals surface area contributed by atoms with Gasteiger partial charge in [0.2, 0.25) is 0 Å². The average Bonchev–Trinajstić information content (AvgIpc) is 2.60. The normalized spacial score (nSPS) is 13.1. The largest absolute Gasteiger partial charge is 0.490 e. The van der Waals surface area contributed by atoms with E-state index in [0.29, 0.717) is 12.5 Å². The molecule has 0 aliphatic carbocycles. The number of carbonyl (C=O) groups is 1. The molecule has 0 saturated heterocycles. The van der Waals surface area contributed by atoms with Crippen LogP contribution >= 0.6 is 0 Å². The Morgan fingerprint density at radius 2 is 1.67 bits per heavy atom. The zero-order valence-electron chi connectivity index (χ0n) is 14.7. The molecule has 0 heterocycles. The van der Waals surface area contributed by atoms with Crippen LogP contribution in [-0.4, -0.2) is 18.7 Å². The zero-order valence-corrected chi connectivity index (χ0v) is 14.7. The molecule has 3 heteroatoms. The Bertz CT molecular complexity index is 619. The molecule has 0 bridgehead atoms. The summed E-state index contributed by atoms with van der Waals surface area (Å²) in [7, 11) is 0. The van der Waals surface area contributed by atoms with Crippen molar-refractivity contribution in [2.75, 3.05) is 6.61 Å². The summed E-state index contributed by atoms with van der Waals surface area (Å²) in [6.45, 7) is 6.59. The monoisotopic (exact) mass is 326 g/mol. The van der Waals surface area contributed by atoms with Gasteiger partial charge < -0.3 is 9.47 Å². The minimum Gasteiger partial charge on any atom is -0.490 e. The van der Waals surface area contributed by atoms with E-state index in [-0.39, 0.29) is 18.5 Å². The summed E-state index contributed by atoms with van der Waals surface area (Å²) < 4.78 is 11.1. The Morgan fingerprint density at radius 3 is 2.29 bits per heavy atom. The standard InChI is InChI=1S/C21H26O3/c1-4-16(2)19-10-12-20(13-11-19)23-15-17(3)24-21(22)14-18-8-6-5-7-9-18/h5-13,16-17H,4,14-15H2,1-3H3/t16-,17-/m1/s1. The summed E-state index contributed by atoms with van der Waals surface area (Å²) in [6, 6.07) is 17.7. The van der Waals surface area contributed by atoms with Gasteiger partial charge in [-0.2, -0.15) is 0 Å². The maximum absolute atomic E-state index is 11.9. The average molecular weight is 326 g/mol. The number of ether oxygens (including phenoxy) is 2. The summed E-state index contributed by atoms with van der Waals surface area (Å²) >= 11 is 0. The van der Waals surface area contributed by atoms with Crippen molar-refractivity contribution in [3.05, 3.63) is 65.7 Å². The van der Waals surface area contributed by atoms with Crippen LogP contribution in [0.4, 0.5) is 0 Å². The van der Waals surface area contributed by atoms with Gasteiger partial charge in [0.1, 0.15) is 18.5 Å². The van der Waals surface area contributed by atoms with Crippen LogP contribution in [0.3, 0.4) is 0 Å². The number of carbonyl (C=O) groups excluding carboxylic acids is 1. The summed E-state index contributed by atoms with van der Waals surface area (Å²) in [5.41, 5.74) is 2.27. The van der Waals surface area contributed by atoms with Gasteiger partial charge in [-0.3, -0.25) is 4.79 Å². The highest BCUT2D eigenvalue weighted by atomic mass is 16.6. The summed E-state index contributed by atoms with van der Waals surface area (Å²) in [6.07, 6.45) is 1.12. The molecule has 0 N–H and O–H groups in total. The minimum absolute atomic E-state index is 0.232. The molecule has 2 aromatic rings. The third-order valence-electron chi connectivity index (χ3n) is 4.07. The molecule has 3 nitrogen and oxygen atoms in total. The van der Waals surface area contributed by atoms with E-state index < -0.39 is 0 Å². The highest BCUT2D eigenvalue weighted by Crippen LogP contribution is 2.21. The van der Waals surface area contributed by atoms with Gasteiger partial charge in [0.25, 0.3) is 0 Å². The number of hydrogen-bond donors (Lipinski definition) is 0. The van der Waals surface area contributed by atoms with Crippen LogP contribution < -0.4 is 4.74 Å². The highest BCUT2D eigenvalue weighted by Gasteiger charge is 2.11. The summed E-state index contributed by atoms with van der Waals surface area (Å²) in [5.74, 6) is 1.12. The Hall–Kier alpha value is -2.29. The van der Waals surface area contributed by atoms with Crippen LogP contribution in [0.25, 0.3) is 0 Å². The van der Waals surface area contributed by atoms with Gasteiger partial charge in [0, 0.05) is 0 Å². The molecule has 0 radical (unpaired) electrons. The van der Waals surface area contributed by atoms with E-state index >= 15 is 0 Å². The SMILES string of the molecule is CC[C@@H](C)c1ccc(OC[C@@H](C)OC(=O)Cc2ccccc2)cc1. The fourth-order valence-corrected chi connectivity index (χ4v) is 2.40. The Kier molecular flexibility index (Phi) is 6.86. The van der Waals surface area contributed by atoms with Crippen molar-refractivity contribution in [2.24, 2.45) is 0 Å². The predicted octanol–water partition coefficient (Wildman–Crippen LogP) is 4.75. The Morgan fingerprint density at radius 1 is 1.00 bits per heavy atom. The molecule has 2 aromatic carbocycles. The lowest BCUT2D eigenvalue weighted by Crippen LogP contribution is -2.23. The molecule has 0 aromatic heterocycles. The molecule has 0 unspecified atom stereocenters. The van der Waals surface area contributed by atoms with Crippen molar-refractivity contribution in [3.63, 3.8) is 0 Å². The van der Waals surface area contributed by atoms with Crippen LogP contribution in [0.1, 0.15) is 44.2 Å². The lowest BCUT2D eigenvalue weighted by molar-refractivity contribution is -0.148. The quantitative estimate of drug-likeness (QED) is 0.657. The molecule has 0 amide bonds. The second kappa shape index (κ2) is 9.11. The molecule has 0 saturated carbocycles. The molecule has 2 rings (SSSR count). The Balaban J connectivity index is 1.76. The van der Waals surface area contributed by atoms with Gasteiger partial charge in [-0.05, 0) is 42.5 Å². The summed E-state index contributed by atoms with van der Waals surface area (Å²) in [5, 5.41) is 0. The van der Waals surface area contributed by atoms with Crippen molar-refractivity contribution in [1.82, 2.24) is 0 Å². The topological polar surface area (TPSA) is 35.5 Å². The number of esters is 1. The van der Waals surface area contributed by atoms with Crippen LogP contribution in [0, 0.1) is 0 Å². The second-order valence-electron chi connectivity index (χ2n) is 6.15. The molecule has 0 aliphatic heterocycles. The van der Waals surface area contributed by atoms with Gasteiger partial charge in [-0.15, -0.1) is 0 Å². The maximum Gasteiger partial charge on any atom is 0.310 e. The van der Waals surface area contributed by atoms with E-state index in [4.69, 9.17) is 9.47 Å². The second-order valence-corrected chi connectivity index (χ2v) is 6.15. The molecule has 0 aliphatic rings. The van der Waals surface area contributed by atoms with Crippen molar-refractivity contribution in [3.8, 4) is 5.75 Å². The van der Waals surface area contributed by atoms with E-state index in [2.05, 4.69) is 26.0 Å². The molecular formula is C21H26O3. The molecule has 24 heavy (non-hydrogen) atoms. The maximum atomic E-state index is 11.9. The molecular weight excluding hydrogens is 300 g/mol. The van der Waals surface area contributed by atoms with E-state index in [0.717, 1.165) is 17.7 Å².